The maximum absolute atomic E-state index is 12.1. The number of benzene rings is 1. The lowest BCUT2D eigenvalue weighted by atomic mass is 10.2. The van der Waals surface area contributed by atoms with E-state index in [1.165, 1.54) is 20.0 Å². The van der Waals surface area contributed by atoms with Crippen LogP contribution in [-0.4, -0.2) is 25.2 Å². The van der Waals surface area contributed by atoms with Crippen LogP contribution in [0.15, 0.2) is 18.2 Å². The van der Waals surface area contributed by atoms with Gasteiger partial charge in [0.15, 0.2) is 17.6 Å². The highest BCUT2D eigenvalue weighted by molar-refractivity contribution is 5.81. The Kier molecular flexibility index (Phi) is 5.04. The predicted octanol–water partition coefficient (Wildman–Crippen LogP) is 2.39. The average molecular weight is 288 g/mol. The van der Waals surface area contributed by atoms with Crippen molar-refractivity contribution in [3.63, 3.8) is 0 Å². The quantitative estimate of drug-likeness (QED) is 0.903. The Bertz CT molecular complexity index is 545. The lowest BCUT2D eigenvalue weighted by molar-refractivity contribution is -0.128. The summed E-state index contributed by atoms with van der Waals surface area (Å²) in [7, 11) is 1.51. The van der Waals surface area contributed by atoms with E-state index in [0.717, 1.165) is 12.8 Å². The number of methoxy groups -OCH3 is 1. The van der Waals surface area contributed by atoms with E-state index in [4.69, 9.17) is 14.7 Å². The SMILES string of the molecule is COc1cc(C#N)ccc1OC(C)C(=O)NC1CCCC1. The van der Waals surface area contributed by atoms with E-state index in [-0.39, 0.29) is 11.9 Å². The van der Waals surface area contributed by atoms with Crippen LogP contribution in [0.5, 0.6) is 11.5 Å². The fraction of sp³-hybridized carbons (Fsp3) is 0.500. The molecule has 1 aliphatic carbocycles. The molecule has 1 aromatic carbocycles. The van der Waals surface area contributed by atoms with Crippen LogP contribution in [0.1, 0.15) is 38.2 Å². The zero-order valence-corrected chi connectivity index (χ0v) is 12.4. The van der Waals surface area contributed by atoms with E-state index in [0.29, 0.717) is 17.1 Å². The van der Waals surface area contributed by atoms with Gasteiger partial charge in [0, 0.05) is 12.1 Å². The van der Waals surface area contributed by atoms with Gasteiger partial charge in [0.1, 0.15) is 0 Å². The molecular weight excluding hydrogens is 268 g/mol. The molecule has 0 heterocycles. The minimum atomic E-state index is -0.604. The molecule has 1 saturated carbocycles. The van der Waals surface area contributed by atoms with Crippen LogP contribution in [0.3, 0.4) is 0 Å². The first-order valence-corrected chi connectivity index (χ1v) is 7.19. The van der Waals surface area contributed by atoms with Gasteiger partial charge in [-0.1, -0.05) is 12.8 Å². The van der Waals surface area contributed by atoms with Crippen LogP contribution < -0.4 is 14.8 Å². The molecule has 21 heavy (non-hydrogen) atoms. The summed E-state index contributed by atoms with van der Waals surface area (Å²) in [6, 6.07) is 7.19. The van der Waals surface area contributed by atoms with Crippen LogP contribution in [0.4, 0.5) is 0 Å². The van der Waals surface area contributed by atoms with Gasteiger partial charge in [0.05, 0.1) is 18.7 Å². The van der Waals surface area contributed by atoms with Crippen molar-refractivity contribution in [2.75, 3.05) is 7.11 Å². The largest absolute Gasteiger partial charge is 0.493 e. The number of carbonyl (C=O) groups is 1. The van der Waals surface area contributed by atoms with Gasteiger partial charge in [0.2, 0.25) is 0 Å². The summed E-state index contributed by atoms with van der Waals surface area (Å²) < 4.78 is 10.9. The van der Waals surface area contributed by atoms with Gasteiger partial charge in [0.25, 0.3) is 5.91 Å². The lowest BCUT2D eigenvalue weighted by Gasteiger charge is -2.19. The Morgan fingerprint density at radius 1 is 1.38 bits per heavy atom. The first-order chi connectivity index (χ1) is 10.1. The fourth-order valence-electron chi connectivity index (χ4n) is 2.47. The summed E-state index contributed by atoms with van der Waals surface area (Å²) >= 11 is 0. The summed E-state index contributed by atoms with van der Waals surface area (Å²) in [5, 5.41) is 11.9. The molecule has 1 unspecified atom stereocenters. The smallest absolute Gasteiger partial charge is 0.260 e. The Morgan fingerprint density at radius 3 is 2.71 bits per heavy atom. The number of nitrogens with one attached hydrogen (secondary N) is 1. The van der Waals surface area contributed by atoms with E-state index >= 15 is 0 Å². The number of rotatable bonds is 5. The van der Waals surface area contributed by atoms with Gasteiger partial charge in [-0.2, -0.15) is 5.26 Å². The number of hydrogen-bond acceptors (Lipinski definition) is 4. The Balaban J connectivity index is 1.99. The zero-order chi connectivity index (χ0) is 15.2. The van der Waals surface area contributed by atoms with Crippen molar-refractivity contribution >= 4 is 5.91 Å². The number of amides is 1. The summed E-state index contributed by atoms with van der Waals surface area (Å²) in [6.45, 7) is 1.71. The minimum Gasteiger partial charge on any atom is -0.493 e. The van der Waals surface area contributed by atoms with Crippen LogP contribution in [0.25, 0.3) is 0 Å². The predicted molar refractivity (Wildman–Crippen MR) is 78.2 cm³/mol. The third-order valence-electron chi connectivity index (χ3n) is 3.67. The maximum atomic E-state index is 12.1. The van der Waals surface area contributed by atoms with Gasteiger partial charge in [-0.05, 0) is 31.9 Å². The van der Waals surface area contributed by atoms with Crippen molar-refractivity contribution in [1.29, 1.82) is 5.26 Å². The van der Waals surface area contributed by atoms with Crippen molar-refractivity contribution in [2.45, 2.75) is 44.8 Å². The molecular formula is C16H20N2O3. The Labute approximate surface area is 124 Å². The van der Waals surface area contributed by atoms with Gasteiger partial charge in [-0.3, -0.25) is 4.79 Å². The zero-order valence-electron chi connectivity index (χ0n) is 12.4. The second kappa shape index (κ2) is 6.98. The van der Waals surface area contributed by atoms with Crippen molar-refractivity contribution < 1.29 is 14.3 Å². The van der Waals surface area contributed by atoms with Crippen molar-refractivity contribution in [3.8, 4) is 17.6 Å². The van der Waals surface area contributed by atoms with Gasteiger partial charge in [-0.25, -0.2) is 0 Å². The molecule has 5 heteroatoms. The fourth-order valence-corrected chi connectivity index (χ4v) is 2.47. The summed E-state index contributed by atoms with van der Waals surface area (Å²) in [5.74, 6) is 0.799. The first-order valence-electron chi connectivity index (χ1n) is 7.19. The number of ether oxygens (including phenoxy) is 2. The van der Waals surface area contributed by atoms with Crippen molar-refractivity contribution in [1.82, 2.24) is 5.32 Å². The van der Waals surface area contributed by atoms with Gasteiger partial charge < -0.3 is 14.8 Å². The summed E-state index contributed by atoms with van der Waals surface area (Å²) in [4.78, 5) is 12.1. The second-order valence-corrected chi connectivity index (χ2v) is 5.23. The highest BCUT2D eigenvalue weighted by Crippen LogP contribution is 2.28. The maximum Gasteiger partial charge on any atom is 0.260 e. The molecule has 0 radical (unpaired) electrons. The molecule has 112 valence electrons. The molecule has 1 fully saturated rings. The van der Waals surface area contributed by atoms with Crippen molar-refractivity contribution in [3.05, 3.63) is 23.8 Å². The van der Waals surface area contributed by atoms with E-state index in [1.807, 2.05) is 6.07 Å². The molecule has 1 atom stereocenters. The normalized spacial score (nSPS) is 16.0. The number of nitrogens with zero attached hydrogens (tertiary/aromatic N) is 1. The highest BCUT2D eigenvalue weighted by atomic mass is 16.5. The van der Waals surface area contributed by atoms with E-state index in [9.17, 15) is 4.79 Å². The molecule has 2 rings (SSSR count). The van der Waals surface area contributed by atoms with Crippen molar-refractivity contribution in [2.24, 2.45) is 0 Å². The van der Waals surface area contributed by atoms with E-state index < -0.39 is 6.10 Å². The molecule has 0 aromatic heterocycles. The van der Waals surface area contributed by atoms with Crippen LogP contribution in [0, 0.1) is 11.3 Å². The number of hydrogen-bond donors (Lipinski definition) is 1. The molecule has 1 aromatic rings. The lowest BCUT2D eigenvalue weighted by Crippen LogP contribution is -2.41. The van der Waals surface area contributed by atoms with Crippen LogP contribution >= 0.6 is 0 Å². The molecule has 0 spiro atoms. The summed E-state index contributed by atoms with van der Waals surface area (Å²) in [5.41, 5.74) is 0.488. The third-order valence-corrected chi connectivity index (χ3v) is 3.67. The standard InChI is InChI=1S/C16H20N2O3/c1-11(16(19)18-13-5-3-4-6-13)21-14-8-7-12(10-17)9-15(14)20-2/h7-9,11,13H,3-6H2,1-2H3,(H,18,19). The van der Waals surface area contributed by atoms with Gasteiger partial charge in [-0.15, -0.1) is 0 Å². The Morgan fingerprint density at radius 2 is 2.10 bits per heavy atom. The highest BCUT2D eigenvalue weighted by Gasteiger charge is 2.22. The molecule has 0 aliphatic heterocycles. The van der Waals surface area contributed by atoms with Gasteiger partial charge >= 0.3 is 0 Å². The van der Waals surface area contributed by atoms with E-state index in [1.54, 1.807) is 25.1 Å². The Hall–Kier alpha value is -2.22. The molecule has 0 bridgehead atoms. The first kappa shape index (κ1) is 15.2. The van der Waals surface area contributed by atoms with Crippen LogP contribution in [0.2, 0.25) is 0 Å². The number of carbonyl (C=O) groups excluding carboxylic acids is 1. The molecule has 1 amide bonds. The molecule has 0 saturated heterocycles. The third kappa shape index (κ3) is 3.88. The average Bonchev–Trinajstić information content (AvgIpc) is 3.00. The second-order valence-electron chi connectivity index (χ2n) is 5.23. The van der Waals surface area contributed by atoms with E-state index in [2.05, 4.69) is 5.32 Å². The molecule has 5 nitrogen and oxygen atoms in total. The van der Waals surface area contributed by atoms with Crippen LogP contribution in [-0.2, 0) is 4.79 Å². The minimum absolute atomic E-state index is 0.117. The topological polar surface area (TPSA) is 71.3 Å². The number of nitriles is 1. The summed E-state index contributed by atoms with van der Waals surface area (Å²) in [6.07, 6.45) is 3.82. The monoisotopic (exact) mass is 288 g/mol. The molecule has 1 N–H and O–H groups in total. The molecule has 1 aliphatic rings.